The number of thioether (sulfide) groups is 1. The normalized spacial score (nSPS) is 29.7. The Balaban J connectivity index is 1.78. The Labute approximate surface area is 136 Å². The maximum Gasteiger partial charge on any atom is 0.218 e. The van der Waals surface area contributed by atoms with E-state index in [0.29, 0.717) is 10.3 Å². The van der Waals surface area contributed by atoms with E-state index in [0.717, 1.165) is 31.2 Å². The second-order valence-electron chi connectivity index (χ2n) is 5.93. The van der Waals surface area contributed by atoms with Crippen LogP contribution in [0.4, 0.5) is 0 Å². The number of sulfonamides is 1. The summed E-state index contributed by atoms with van der Waals surface area (Å²) in [6.07, 6.45) is 6.15. The van der Waals surface area contributed by atoms with Crippen molar-refractivity contribution in [3.05, 3.63) is 34.9 Å². The van der Waals surface area contributed by atoms with Gasteiger partial charge in [0.15, 0.2) is 0 Å². The van der Waals surface area contributed by atoms with Crippen LogP contribution in [-0.2, 0) is 15.8 Å². The second kappa shape index (κ2) is 6.11. The molecule has 2 atom stereocenters. The number of benzene rings is 1. The third kappa shape index (κ3) is 3.26. The van der Waals surface area contributed by atoms with Gasteiger partial charge in [-0.15, -0.1) is 0 Å². The third-order valence-electron chi connectivity index (χ3n) is 4.54. The zero-order valence-corrected chi connectivity index (χ0v) is 14.4. The van der Waals surface area contributed by atoms with Crippen LogP contribution in [0.1, 0.15) is 31.2 Å². The van der Waals surface area contributed by atoms with E-state index in [4.69, 9.17) is 11.6 Å². The highest BCUT2D eigenvalue weighted by Crippen LogP contribution is 2.41. The van der Waals surface area contributed by atoms with E-state index in [1.54, 1.807) is 24.3 Å². The summed E-state index contributed by atoms with van der Waals surface area (Å²) in [4.78, 5) is 0. The minimum atomic E-state index is -3.24. The van der Waals surface area contributed by atoms with Gasteiger partial charge in [-0.2, -0.15) is 16.1 Å². The van der Waals surface area contributed by atoms with Crippen LogP contribution in [0.25, 0.3) is 0 Å². The van der Waals surface area contributed by atoms with Crippen molar-refractivity contribution >= 4 is 33.4 Å². The smallest absolute Gasteiger partial charge is 0.212 e. The quantitative estimate of drug-likeness (QED) is 0.837. The summed E-state index contributed by atoms with van der Waals surface area (Å²) < 4.78 is 27.4. The van der Waals surface area contributed by atoms with Gasteiger partial charge in [0.1, 0.15) is 0 Å². The van der Waals surface area contributed by atoms with Crippen molar-refractivity contribution in [3.63, 3.8) is 0 Å². The van der Waals surface area contributed by atoms with Gasteiger partial charge in [-0.3, -0.25) is 0 Å². The average molecular weight is 346 g/mol. The average Bonchev–Trinajstić information content (AvgIpc) is 2.74. The molecule has 2 aliphatic heterocycles. The van der Waals surface area contributed by atoms with Gasteiger partial charge in [-0.05, 0) is 49.6 Å². The van der Waals surface area contributed by atoms with Gasteiger partial charge in [0.2, 0.25) is 10.0 Å². The molecule has 3 rings (SSSR count). The van der Waals surface area contributed by atoms with E-state index >= 15 is 0 Å². The predicted octanol–water partition coefficient (Wildman–Crippen LogP) is 3.53. The fraction of sp³-hybridized carbons (Fsp3) is 0.600. The lowest BCUT2D eigenvalue weighted by Gasteiger charge is -2.37. The molecule has 0 saturated carbocycles. The van der Waals surface area contributed by atoms with Crippen molar-refractivity contribution in [3.8, 4) is 0 Å². The van der Waals surface area contributed by atoms with Crippen LogP contribution in [0.2, 0.25) is 5.02 Å². The van der Waals surface area contributed by atoms with E-state index < -0.39 is 10.0 Å². The van der Waals surface area contributed by atoms with E-state index in [2.05, 4.69) is 6.26 Å². The molecule has 116 valence electrons. The second-order valence-corrected chi connectivity index (χ2v) is 9.38. The first-order valence-corrected chi connectivity index (χ1v) is 10.6. The standard InChI is InChI=1S/C15H20ClNO2S2/c1-20-15-8-13-6-7-14(9-15)17(13)21(18,19)10-11-2-4-12(16)5-3-11/h2-5,13-15H,6-10H2,1H3. The van der Waals surface area contributed by atoms with Crippen LogP contribution >= 0.6 is 23.4 Å². The van der Waals surface area contributed by atoms with Crippen LogP contribution in [0.15, 0.2) is 24.3 Å². The Kier molecular flexibility index (Phi) is 4.55. The molecule has 1 aromatic carbocycles. The van der Waals surface area contributed by atoms with Gasteiger partial charge < -0.3 is 0 Å². The first-order valence-electron chi connectivity index (χ1n) is 7.28. The molecule has 0 aliphatic carbocycles. The lowest BCUT2D eigenvalue weighted by atomic mass is 10.1. The van der Waals surface area contributed by atoms with E-state index in [1.165, 1.54) is 0 Å². The van der Waals surface area contributed by atoms with Gasteiger partial charge in [0, 0.05) is 22.4 Å². The maximum atomic E-state index is 12.8. The summed E-state index contributed by atoms with van der Waals surface area (Å²) >= 11 is 7.73. The molecule has 0 radical (unpaired) electrons. The minimum Gasteiger partial charge on any atom is -0.212 e. The van der Waals surface area contributed by atoms with Crippen LogP contribution in [0.5, 0.6) is 0 Å². The third-order valence-corrected chi connectivity index (χ3v) is 7.78. The molecule has 2 fully saturated rings. The number of hydrogen-bond acceptors (Lipinski definition) is 3. The summed E-state index contributed by atoms with van der Waals surface area (Å²) in [5.41, 5.74) is 0.811. The highest BCUT2D eigenvalue weighted by molar-refractivity contribution is 7.99. The molecule has 0 spiro atoms. The number of piperidine rings is 1. The molecule has 21 heavy (non-hydrogen) atoms. The first-order chi connectivity index (χ1) is 9.99. The molecule has 0 N–H and O–H groups in total. The monoisotopic (exact) mass is 345 g/mol. The molecule has 2 unspecified atom stereocenters. The Hall–Kier alpha value is -0.230. The Morgan fingerprint density at radius 2 is 1.76 bits per heavy atom. The Bertz CT molecular complexity index is 589. The van der Waals surface area contributed by atoms with E-state index in [9.17, 15) is 8.42 Å². The van der Waals surface area contributed by atoms with Crippen molar-refractivity contribution in [2.45, 2.75) is 48.8 Å². The molecule has 1 aromatic rings. The van der Waals surface area contributed by atoms with Gasteiger partial charge in [0.25, 0.3) is 0 Å². The van der Waals surface area contributed by atoms with Crippen LogP contribution in [-0.4, -0.2) is 36.3 Å². The lowest BCUT2D eigenvalue weighted by Crippen LogP contribution is -2.47. The fourth-order valence-corrected chi connectivity index (χ4v) is 6.61. The highest BCUT2D eigenvalue weighted by atomic mass is 35.5. The van der Waals surface area contributed by atoms with Gasteiger partial charge >= 0.3 is 0 Å². The van der Waals surface area contributed by atoms with E-state index in [-0.39, 0.29) is 17.8 Å². The molecule has 2 saturated heterocycles. The van der Waals surface area contributed by atoms with Gasteiger partial charge in [-0.25, -0.2) is 8.42 Å². The fourth-order valence-electron chi connectivity index (χ4n) is 3.60. The summed E-state index contributed by atoms with van der Waals surface area (Å²) in [6, 6.07) is 7.52. The predicted molar refractivity (Wildman–Crippen MR) is 89.3 cm³/mol. The largest absolute Gasteiger partial charge is 0.218 e. The Morgan fingerprint density at radius 1 is 1.19 bits per heavy atom. The number of halogens is 1. The highest BCUT2D eigenvalue weighted by Gasteiger charge is 2.46. The SMILES string of the molecule is CSC1CC2CCC(C1)N2S(=O)(=O)Cc1ccc(Cl)cc1. The summed E-state index contributed by atoms with van der Waals surface area (Å²) in [6.45, 7) is 0. The first kappa shape index (κ1) is 15.7. The molecule has 2 heterocycles. The number of nitrogens with zero attached hydrogens (tertiary/aromatic N) is 1. The maximum absolute atomic E-state index is 12.8. The molecule has 2 aliphatic rings. The Morgan fingerprint density at radius 3 is 2.29 bits per heavy atom. The molecule has 2 bridgehead atoms. The van der Waals surface area contributed by atoms with Crippen LogP contribution in [0, 0.1) is 0 Å². The van der Waals surface area contributed by atoms with E-state index in [1.807, 2.05) is 16.1 Å². The van der Waals surface area contributed by atoms with Crippen LogP contribution < -0.4 is 0 Å². The lowest BCUT2D eigenvalue weighted by molar-refractivity contribution is 0.253. The van der Waals surface area contributed by atoms with Gasteiger partial charge in [0.05, 0.1) is 5.75 Å². The summed E-state index contributed by atoms with van der Waals surface area (Å²) in [7, 11) is -3.24. The van der Waals surface area contributed by atoms with Crippen molar-refractivity contribution in [2.75, 3.05) is 6.26 Å². The molecule has 0 amide bonds. The van der Waals surface area contributed by atoms with Crippen molar-refractivity contribution in [1.29, 1.82) is 0 Å². The molecule has 3 nitrogen and oxygen atoms in total. The number of rotatable bonds is 4. The summed E-state index contributed by atoms with van der Waals surface area (Å²) in [5.74, 6) is 0.0844. The summed E-state index contributed by atoms with van der Waals surface area (Å²) in [5, 5.41) is 1.25. The number of hydrogen-bond donors (Lipinski definition) is 0. The van der Waals surface area contributed by atoms with Crippen molar-refractivity contribution < 1.29 is 8.42 Å². The zero-order valence-electron chi connectivity index (χ0n) is 12.0. The van der Waals surface area contributed by atoms with Crippen molar-refractivity contribution in [2.24, 2.45) is 0 Å². The molecule has 6 heteroatoms. The molecular weight excluding hydrogens is 326 g/mol. The minimum absolute atomic E-state index is 0.0844. The number of fused-ring (bicyclic) bond motifs is 2. The zero-order chi connectivity index (χ0) is 15.0. The molecular formula is C15H20ClNO2S2. The van der Waals surface area contributed by atoms with Crippen molar-refractivity contribution in [1.82, 2.24) is 4.31 Å². The molecule has 0 aromatic heterocycles. The van der Waals surface area contributed by atoms with Crippen LogP contribution in [0.3, 0.4) is 0 Å². The van der Waals surface area contributed by atoms with Gasteiger partial charge in [-0.1, -0.05) is 23.7 Å². The topological polar surface area (TPSA) is 37.4 Å².